The van der Waals surface area contributed by atoms with E-state index in [9.17, 15) is 4.79 Å². The topological polar surface area (TPSA) is 47.8 Å². The van der Waals surface area contributed by atoms with E-state index in [0.717, 1.165) is 16.3 Å². The van der Waals surface area contributed by atoms with Crippen molar-refractivity contribution < 1.29 is 4.79 Å². The van der Waals surface area contributed by atoms with Crippen LogP contribution in [0.1, 0.15) is 16.3 Å². The number of Topliss-reactive ketones (excluding diaryl/α,β-unsaturated/α-hetero) is 1. The number of aryl methyl sites for hydroxylation is 2. The van der Waals surface area contributed by atoms with E-state index in [0.29, 0.717) is 12.8 Å². The van der Waals surface area contributed by atoms with E-state index in [1.54, 1.807) is 22.2 Å². The lowest BCUT2D eigenvalue weighted by molar-refractivity contribution is -0.117. The molecule has 2 rings (SSSR count). The summed E-state index contributed by atoms with van der Waals surface area (Å²) in [6, 6.07) is 0. The third-order valence-electron chi connectivity index (χ3n) is 2.17. The second-order valence-electron chi connectivity index (χ2n) is 3.80. The SMILES string of the molecule is Cc1csc(CC(=O)Cc2cnn(C)c2)n1. The molecular formula is C11H13N3OS. The minimum Gasteiger partial charge on any atom is -0.299 e. The van der Waals surface area contributed by atoms with Crippen molar-refractivity contribution in [1.82, 2.24) is 14.8 Å². The number of hydrogen-bond acceptors (Lipinski definition) is 4. The third-order valence-corrected chi connectivity index (χ3v) is 3.14. The van der Waals surface area contributed by atoms with Gasteiger partial charge in [-0.05, 0) is 12.5 Å². The third kappa shape index (κ3) is 2.76. The minimum absolute atomic E-state index is 0.183. The van der Waals surface area contributed by atoms with Gasteiger partial charge in [-0.3, -0.25) is 9.48 Å². The molecule has 0 fully saturated rings. The van der Waals surface area contributed by atoms with Crippen LogP contribution in [-0.2, 0) is 24.7 Å². The lowest BCUT2D eigenvalue weighted by Gasteiger charge is -1.95. The van der Waals surface area contributed by atoms with Gasteiger partial charge >= 0.3 is 0 Å². The normalized spacial score (nSPS) is 10.6. The molecule has 0 spiro atoms. The van der Waals surface area contributed by atoms with Crippen LogP contribution in [0.4, 0.5) is 0 Å². The van der Waals surface area contributed by atoms with Crippen LogP contribution in [0.2, 0.25) is 0 Å². The largest absolute Gasteiger partial charge is 0.299 e. The molecule has 4 nitrogen and oxygen atoms in total. The Kier molecular flexibility index (Phi) is 3.14. The average molecular weight is 235 g/mol. The fourth-order valence-electron chi connectivity index (χ4n) is 1.51. The zero-order valence-electron chi connectivity index (χ0n) is 9.30. The van der Waals surface area contributed by atoms with Crippen LogP contribution < -0.4 is 0 Å². The van der Waals surface area contributed by atoms with Gasteiger partial charge in [-0.1, -0.05) is 0 Å². The molecule has 0 unspecified atom stereocenters. The quantitative estimate of drug-likeness (QED) is 0.807. The number of nitrogens with zero attached hydrogens (tertiary/aromatic N) is 3. The summed E-state index contributed by atoms with van der Waals surface area (Å²) in [5.41, 5.74) is 1.94. The molecule has 84 valence electrons. The van der Waals surface area contributed by atoms with Crippen LogP contribution in [0.5, 0.6) is 0 Å². The van der Waals surface area contributed by atoms with Crippen molar-refractivity contribution in [3.63, 3.8) is 0 Å². The molecule has 0 atom stereocenters. The van der Waals surface area contributed by atoms with Crippen molar-refractivity contribution in [2.45, 2.75) is 19.8 Å². The molecule has 0 amide bonds. The van der Waals surface area contributed by atoms with E-state index in [-0.39, 0.29) is 5.78 Å². The van der Waals surface area contributed by atoms with Gasteiger partial charge in [0.1, 0.15) is 10.8 Å². The van der Waals surface area contributed by atoms with Gasteiger partial charge in [0.05, 0.1) is 12.6 Å². The van der Waals surface area contributed by atoms with Gasteiger partial charge in [-0.25, -0.2) is 4.98 Å². The summed E-state index contributed by atoms with van der Waals surface area (Å²) < 4.78 is 1.70. The van der Waals surface area contributed by atoms with Crippen molar-refractivity contribution in [2.75, 3.05) is 0 Å². The molecule has 0 saturated carbocycles. The van der Waals surface area contributed by atoms with Crippen molar-refractivity contribution in [1.29, 1.82) is 0 Å². The first-order valence-corrected chi connectivity index (χ1v) is 5.91. The molecule has 0 saturated heterocycles. The lowest BCUT2D eigenvalue weighted by Crippen LogP contribution is -2.05. The molecule has 2 aromatic heterocycles. The molecule has 0 N–H and O–H groups in total. The van der Waals surface area contributed by atoms with Gasteiger partial charge in [0, 0.05) is 30.7 Å². The first kappa shape index (κ1) is 11.0. The molecule has 0 aromatic carbocycles. The van der Waals surface area contributed by atoms with Gasteiger partial charge in [0.15, 0.2) is 0 Å². The second kappa shape index (κ2) is 4.57. The minimum atomic E-state index is 0.183. The van der Waals surface area contributed by atoms with Crippen LogP contribution >= 0.6 is 11.3 Å². The Labute approximate surface area is 97.9 Å². The standard InChI is InChI=1S/C11H13N3OS/c1-8-7-16-11(13-8)4-10(15)3-9-5-12-14(2)6-9/h5-7H,3-4H2,1-2H3. The highest BCUT2D eigenvalue weighted by molar-refractivity contribution is 7.09. The molecule has 2 aromatic rings. The molecule has 5 heteroatoms. The van der Waals surface area contributed by atoms with Gasteiger partial charge in [0.25, 0.3) is 0 Å². The fourth-order valence-corrected chi connectivity index (χ4v) is 2.31. The molecule has 16 heavy (non-hydrogen) atoms. The first-order valence-electron chi connectivity index (χ1n) is 5.04. The molecule has 0 bridgehead atoms. The summed E-state index contributed by atoms with van der Waals surface area (Å²) in [7, 11) is 1.85. The Morgan fingerprint density at radius 1 is 1.50 bits per heavy atom. The maximum Gasteiger partial charge on any atom is 0.144 e. The van der Waals surface area contributed by atoms with Crippen LogP contribution in [0.3, 0.4) is 0 Å². The molecule has 0 aliphatic carbocycles. The number of thiazole rings is 1. The molecular weight excluding hydrogens is 222 g/mol. The monoisotopic (exact) mass is 235 g/mol. The molecule has 2 heterocycles. The molecule has 0 aliphatic heterocycles. The Morgan fingerprint density at radius 3 is 2.88 bits per heavy atom. The number of hydrogen-bond donors (Lipinski definition) is 0. The average Bonchev–Trinajstić information content (AvgIpc) is 2.76. The second-order valence-corrected chi connectivity index (χ2v) is 4.74. The van der Waals surface area contributed by atoms with Gasteiger partial charge in [0.2, 0.25) is 0 Å². The Bertz CT molecular complexity index is 457. The highest BCUT2D eigenvalue weighted by Gasteiger charge is 2.08. The number of aromatic nitrogens is 3. The summed E-state index contributed by atoms with van der Waals surface area (Å²) in [6.07, 6.45) is 4.45. The van der Waals surface area contributed by atoms with Crippen LogP contribution in [0, 0.1) is 6.92 Å². The van der Waals surface area contributed by atoms with Crippen molar-refractivity contribution in [3.05, 3.63) is 34.0 Å². The van der Waals surface area contributed by atoms with E-state index in [1.165, 1.54) is 0 Å². The first-order chi connectivity index (χ1) is 7.63. The van der Waals surface area contributed by atoms with Crippen molar-refractivity contribution >= 4 is 17.1 Å². The number of carbonyl (C=O) groups excluding carboxylic acids is 1. The van der Waals surface area contributed by atoms with Gasteiger partial charge in [-0.15, -0.1) is 11.3 Å². The number of carbonyl (C=O) groups is 1. The lowest BCUT2D eigenvalue weighted by atomic mass is 10.1. The van der Waals surface area contributed by atoms with E-state index in [2.05, 4.69) is 10.1 Å². The highest BCUT2D eigenvalue weighted by Crippen LogP contribution is 2.11. The predicted octanol–water partition coefficient (Wildman–Crippen LogP) is 1.54. The maximum atomic E-state index is 11.7. The Morgan fingerprint density at radius 2 is 2.31 bits per heavy atom. The van der Waals surface area contributed by atoms with Crippen LogP contribution in [0.15, 0.2) is 17.8 Å². The Balaban J connectivity index is 1.94. The van der Waals surface area contributed by atoms with Crippen LogP contribution in [-0.4, -0.2) is 20.5 Å². The maximum absolute atomic E-state index is 11.7. The zero-order valence-corrected chi connectivity index (χ0v) is 10.1. The number of ketones is 1. The highest BCUT2D eigenvalue weighted by atomic mass is 32.1. The van der Waals surface area contributed by atoms with E-state index >= 15 is 0 Å². The van der Waals surface area contributed by atoms with E-state index in [4.69, 9.17) is 0 Å². The summed E-state index contributed by atoms with van der Waals surface area (Å²) in [6.45, 7) is 1.94. The molecule has 0 radical (unpaired) electrons. The summed E-state index contributed by atoms with van der Waals surface area (Å²) in [5, 5.41) is 6.89. The molecule has 0 aliphatic rings. The number of rotatable bonds is 4. The fraction of sp³-hybridized carbons (Fsp3) is 0.364. The zero-order chi connectivity index (χ0) is 11.5. The van der Waals surface area contributed by atoms with Crippen molar-refractivity contribution in [2.24, 2.45) is 7.05 Å². The predicted molar refractivity (Wildman–Crippen MR) is 62.5 cm³/mol. The van der Waals surface area contributed by atoms with Gasteiger partial charge < -0.3 is 0 Å². The summed E-state index contributed by atoms with van der Waals surface area (Å²) in [4.78, 5) is 16.0. The smallest absolute Gasteiger partial charge is 0.144 e. The van der Waals surface area contributed by atoms with Crippen LogP contribution in [0.25, 0.3) is 0 Å². The van der Waals surface area contributed by atoms with E-state index in [1.807, 2.05) is 25.5 Å². The van der Waals surface area contributed by atoms with Gasteiger partial charge in [-0.2, -0.15) is 5.10 Å². The summed E-state index contributed by atoms with van der Waals surface area (Å²) in [5.74, 6) is 0.183. The van der Waals surface area contributed by atoms with Crippen molar-refractivity contribution in [3.8, 4) is 0 Å². The van der Waals surface area contributed by atoms with E-state index < -0.39 is 0 Å². The Hall–Kier alpha value is -1.49. The summed E-state index contributed by atoms with van der Waals surface area (Å²) >= 11 is 1.54.